The minimum Gasteiger partial charge on any atom is -0.494 e. The number of benzene rings is 1. The Balaban J connectivity index is 2.38. The molecule has 0 fully saturated rings. The van der Waals surface area contributed by atoms with Gasteiger partial charge >= 0.3 is 0 Å². The van der Waals surface area contributed by atoms with Gasteiger partial charge in [-0.15, -0.1) is 0 Å². The monoisotopic (exact) mass is 322 g/mol. The molecule has 0 aliphatic rings. The first kappa shape index (κ1) is 18.9. The topological polar surface area (TPSA) is 81.5 Å². The lowest BCUT2D eigenvalue weighted by molar-refractivity contribution is -0.384. The standard InChI is InChI=1S/C17H26N2O4/c1-3-4-5-6-7-8-9-10-17(20)18-15-12-11-14(19(21)22)13-16(15)23-2/h11-13H,3-10H2,1-2H3,(H,18,20). The van der Waals surface area contributed by atoms with Crippen molar-refractivity contribution in [1.82, 2.24) is 0 Å². The highest BCUT2D eigenvalue weighted by molar-refractivity contribution is 5.92. The van der Waals surface area contributed by atoms with Crippen LogP contribution in [0.3, 0.4) is 0 Å². The smallest absolute Gasteiger partial charge is 0.273 e. The van der Waals surface area contributed by atoms with Crippen LogP contribution in [-0.4, -0.2) is 17.9 Å². The largest absolute Gasteiger partial charge is 0.494 e. The third kappa shape index (κ3) is 7.13. The number of nitro groups is 1. The zero-order chi connectivity index (χ0) is 17.1. The number of ether oxygens (including phenoxy) is 1. The van der Waals surface area contributed by atoms with Gasteiger partial charge in [0.05, 0.1) is 23.8 Å². The van der Waals surface area contributed by atoms with Crippen LogP contribution in [0.2, 0.25) is 0 Å². The summed E-state index contributed by atoms with van der Waals surface area (Å²) in [5.41, 5.74) is 0.401. The van der Waals surface area contributed by atoms with Crippen LogP contribution in [0.4, 0.5) is 11.4 Å². The SMILES string of the molecule is CCCCCCCCCC(=O)Nc1ccc([N+](=O)[O-])cc1OC. The highest BCUT2D eigenvalue weighted by atomic mass is 16.6. The Hall–Kier alpha value is -2.11. The van der Waals surface area contributed by atoms with Gasteiger partial charge in [-0.25, -0.2) is 0 Å². The molecule has 128 valence electrons. The molecule has 0 saturated carbocycles. The van der Waals surface area contributed by atoms with Crippen LogP contribution in [0.25, 0.3) is 0 Å². The number of nitrogens with zero attached hydrogens (tertiary/aromatic N) is 1. The molecular formula is C17H26N2O4. The zero-order valence-electron chi connectivity index (χ0n) is 14.0. The number of amides is 1. The van der Waals surface area contributed by atoms with Crippen molar-refractivity contribution in [2.45, 2.75) is 58.3 Å². The van der Waals surface area contributed by atoms with Gasteiger partial charge in [0.25, 0.3) is 5.69 Å². The van der Waals surface area contributed by atoms with E-state index in [-0.39, 0.29) is 11.6 Å². The van der Waals surface area contributed by atoms with E-state index in [1.165, 1.54) is 51.0 Å². The first-order valence-electron chi connectivity index (χ1n) is 8.20. The highest BCUT2D eigenvalue weighted by Gasteiger charge is 2.13. The van der Waals surface area contributed by atoms with Crippen LogP contribution < -0.4 is 10.1 Å². The lowest BCUT2D eigenvalue weighted by Gasteiger charge is -2.10. The average molecular weight is 322 g/mol. The second-order valence-electron chi connectivity index (χ2n) is 5.56. The number of unbranched alkanes of at least 4 members (excludes halogenated alkanes) is 6. The molecule has 0 aliphatic carbocycles. The Morgan fingerprint density at radius 3 is 2.43 bits per heavy atom. The molecule has 0 atom stereocenters. The first-order chi connectivity index (χ1) is 11.1. The van der Waals surface area contributed by atoms with Gasteiger partial charge in [-0.3, -0.25) is 14.9 Å². The molecule has 1 aromatic rings. The lowest BCUT2D eigenvalue weighted by atomic mass is 10.1. The Kier molecular flexibility index (Phi) is 8.72. The van der Waals surface area contributed by atoms with E-state index in [2.05, 4.69) is 12.2 Å². The molecule has 0 aliphatic heterocycles. The maximum atomic E-state index is 11.9. The number of carbonyl (C=O) groups is 1. The first-order valence-corrected chi connectivity index (χ1v) is 8.20. The Morgan fingerprint density at radius 1 is 1.17 bits per heavy atom. The normalized spacial score (nSPS) is 10.3. The molecule has 23 heavy (non-hydrogen) atoms. The van der Waals surface area contributed by atoms with Crippen molar-refractivity contribution in [3.8, 4) is 5.75 Å². The van der Waals surface area contributed by atoms with Crippen LogP contribution in [0.5, 0.6) is 5.75 Å². The molecule has 6 nitrogen and oxygen atoms in total. The molecule has 0 aromatic heterocycles. The van der Waals surface area contributed by atoms with Crippen LogP contribution in [0, 0.1) is 10.1 Å². The van der Waals surface area contributed by atoms with E-state index >= 15 is 0 Å². The minimum atomic E-state index is -0.493. The number of nitrogens with one attached hydrogen (secondary N) is 1. The van der Waals surface area contributed by atoms with Crippen molar-refractivity contribution in [2.75, 3.05) is 12.4 Å². The lowest BCUT2D eigenvalue weighted by Crippen LogP contribution is -2.12. The van der Waals surface area contributed by atoms with E-state index in [0.29, 0.717) is 17.9 Å². The number of anilines is 1. The second-order valence-corrected chi connectivity index (χ2v) is 5.56. The molecule has 6 heteroatoms. The summed E-state index contributed by atoms with van der Waals surface area (Å²) in [6, 6.07) is 4.16. The average Bonchev–Trinajstić information content (AvgIpc) is 2.54. The minimum absolute atomic E-state index is 0.0630. The van der Waals surface area contributed by atoms with Crippen molar-refractivity contribution in [3.63, 3.8) is 0 Å². The number of carbonyl (C=O) groups excluding carboxylic acids is 1. The van der Waals surface area contributed by atoms with Gasteiger partial charge in [0.1, 0.15) is 5.75 Å². The zero-order valence-corrected chi connectivity index (χ0v) is 14.0. The molecule has 0 spiro atoms. The molecule has 1 amide bonds. The number of hydrogen-bond donors (Lipinski definition) is 1. The third-order valence-electron chi connectivity index (χ3n) is 3.68. The molecule has 0 unspecified atom stereocenters. The summed E-state index contributed by atoms with van der Waals surface area (Å²) < 4.78 is 5.10. The predicted octanol–water partition coefficient (Wildman–Crippen LogP) is 4.68. The molecule has 0 saturated heterocycles. The molecule has 0 radical (unpaired) electrons. The molecule has 0 heterocycles. The molecule has 1 rings (SSSR count). The fourth-order valence-electron chi connectivity index (χ4n) is 2.35. The van der Waals surface area contributed by atoms with Crippen LogP contribution in [0.15, 0.2) is 18.2 Å². The molecule has 1 N–H and O–H groups in total. The van der Waals surface area contributed by atoms with Gasteiger partial charge in [-0.05, 0) is 12.5 Å². The maximum absolute atomic E-state index is 11.9. The van der Waals surface area contributed by atoms with E-state index in [1.807, 2.05) is 0 Å². The van der Waals surface area contributed by atoms with Crippen molar-refractivity contribution < 1.29 is 14.5 Å². The van der Waals surface area contributed by atoms with Gasteiger partial charge in [-0.2, -0.15) is 0 Å². The van der Waals surface area contributed by atoms with Crippen LogP contribution >= 0.6 is 0 Å². The van der Waals surface area contributed by atoms with Gasteiger partial charge in [0.2, 0.25) is 5.91 Å². The van der Waals surface area contributed by atoms with E-state index in [1.54, 1.807) is 0 Å². The Bertz CT molecular complexity index is 517. The van der Waals surface area contributed by atoms with Crippen molar-refractivity contribution >= 4 is 17.3 Å². The molecule has 0 bridgehead atoms. The molecular weight excluding hydrogens is 296 g/mol. The summed E-state index contributed by atoms with van der Waals surface area (Å²) in [5, 5.41) is 13.5. The maximum Gasteiger partial charge on any atom is 0.273 e. The quantitative estimate of drug-likeness (QED) is 0.364. The van der Waals surface area contributed by atoms with E-state index in [9.17, 15) is 14.9 Å². The second kappa shape index (κ2) is 10.6. The van der Waals surface area contributed by atoms with Gasteiger partial charge < -0.3 is 10.1 Å². The number of hydrogen-bond acceptors (Lipinski definition) is 4. The summed E-state index contributed by atoms with van der Waals surface area (Å²) in [5.74, 6) is 0.206. The Morgan fingerprint density at radius 2 is 1.83 bits per heavy atom. The Labute approximate surface area is 137 Å². The van der Waals surface area contributed by atoms with Crippen molar-refractivity contribution in [3.05, 3.63) is 28.3 Å². The van der Waals surface area contributed by atoms with Crippen LogP contribution in [-0.2, 0) is 4.79 Å². The van der Waals surface area contributed by atoms with Gasteiger partial charge in [0, 0.05) is 12.5 Å². The van der Waals surface area contributed by atoms with E-state index in [0.717, 1.165) is 19.3 Å². The van der Waals surface area contributed by atoms with E-state index in [4.69, 9.17) is 4.74 Å². The van der Waals surface area contributed by atoms with Gasteiger partial charge in [-0.1, -0.05) is 45.4 Å². The van der Waals surface area contributed by atoms with Crippen LogP contribution in [0.1, 0.15) is 58.3 Å². The summed E-state index contributed by atoms with van der Waals surface area (Å²) >= 11 is 0. The molecule has 1 aromatic carbocycles. The third-order valence-corrected chi connectivity index (χ3v) is 3.68. The van der Waals surface area contributed by atoms with Crippen molar-refractivity contribution in [2.24, 2.45) is 0 Å². The fraction of sp³-hybridized carbons (Fsp3) is 0.588. The number of nitro benzene ring substituents is 1. The fourth-order valence-corrected chi connectivity index (χ4v) is 2.35. The summed E-state index contributed by atoms with van der Waals surface area (Å²) in [7, 11) is 1.42. The number of non-ortho nitro benzene ring substituents is 1. The van der Waals surface area contributed by atoms with E-state index < -0.39 is 4.92 Å². The highest BCUT2D eigenvalue weighted by Crippen LogP contribution is 2.29. The summed E-state index contributed by atoms with van der Waals surface area (Å²) in [6.07, 6.45) is 8.53. The predicted molar refractivity (Wildman–Crippen MR) is 90.9 cm³/mol. The summed E-state index contributed by atoms with van der Waals surface area (Å²) in [4.78, 5) is 22.2. The summed E-state index contributed by atoms with van der Waals surface area (Å²) in [6.45, 7) is 2.19. The van der Waals surface area contributed by atoms with Gasteiger partial charge in [0.15, 0.2) is 0 Å². The number of rotatable bonds is 11. The van der Waals surface area contributed by atoms with Crippen molar-refractivity contribution in [1.29, 1.82) is 0 Å². The number of methoxy groups -OCH3 is 1.